The first-order valence-corrected chi connectivity index (χ1v) is 34.2. The van der Waals surface area contributed by atoms with Crippen molar-refractivity contribution in [2.75, 3.05) is 26.9 Å². The first-order chi connectivity index (χ1) is 41.1. The van der Waals surface area contributed by atoms with Crippen LogP contribution in [0.1, 0.15) is 6.42 Å². The Bertz CT molecular complexity index is 3430. The molecule has 10 N–H and O–H groups in total. The fraction of sp³-hybridized carbons (Fsp3) is 0.935. The highest BCUT2D eigenvalue weighted by atomic mass is 32.3. The number of carbonyl (C=O) groups is 2. The van der Waals surface area contributed by atoms with Crippen LogP contribution in [0.3, 0.4) is 0 Å². The molecular formula is C31H45N3O49S8-10. The molecule has 0 aromatic rings. The summed E-state index contributed by atoms with van der Waals surface area (Å²) in [5, 5.41) is 102. The third-order valence-corrected chi connectivity index (χ3v) is 15.9. The van der Waals surface area contributed by atoms with Gasteiger partial charge < -0.3 is 135 Å². The van der Waals surface area contributed by atoms with Gasteiger partial charge in [0.05, 0.1) is 31.9 Å². The summed E-state index contributed by atoms with van der Waals surface area (Å²) in [6.07, 6.45) is -66.5. The maximum Gasteiger partial charge on any atom is 0.218 e. The maximum atomic E-state index is 12.6. The number of hydrogen-bond donors (Lipinski definition) is 10. The molecule has 0 aromatic carbocycles. The van der Waals surface area contributed by atoms with Gasteiger partial charge in [-0.15, -0.1) is 0 Å². The molecule has 0 aliphatic carbocycles. The van der Waals surface area contributed by atoms with Crippen molar-refractivity contribution >= 4 is 94.8 Å². The number of hydrogen-bond acceptors (Lipinski definition) is 49. The van der Waals surface area contributed by atoms with Crippen molar-refractivity contribution < 1.29 is 223 Å². The Hall–Kier alpha value is -2.74. The number of carboxylic acid groups (broad SMARTS) is 2. The summed E-state index contributed by atoms with van der Waals surface area (Å²) in [6.45, 7) is -5.49. The standard InChI is InChI=1S/C31H55N3O49S8/c1-70-28-12(33-85(49,50)51)17(40)20(8(76-28)4-72-88(58,59)60)78-27(45)24(83-91(67,68)69)15(38)6(2-10(35)36)74-30-13(34-86(52,53)54)22(82-90(64,65)66)21(9(77-30)5-73-89(61,62)63)79-31-19(42)18(41)23(25(81-31)26(43)44)80-29-11(32-84(46,47)48)16(39)14(37)7(75-29)3-71-87(55,56)57/h6-9,11-25,27-34,37-42,45H,2-5H2,1H3,(H,35,36)(H,43,44)(H,46,47,48)(H,49,50,51)(H,52,53,54)(H,55,56,57)(H,58,59,60)(H,61,62,63)(H,64,65,66)(H,67,68,69)/p-10/t6-,7-,8-,9?,11?,12?,13?,14+,15+,16?,17?,18?,19?,20+,21+,22+,23-,24?,25+,27-,28-,29+,30+,31+/m0/s1. The first-order valence-electron chi connectivity index (χ1n) is 23.3. The Morgan fingerprint density at radius 3 is 1.35 bits per heavy atom. The Balaban J connectivity index is 1.86. The molecule has 4 aliphatic rings. The molecule has 0 saturated carbocycles. The van der Waals surface area contributed by atoms with E-state index in [1.54, 1.807) is 0 Å². The molecule has 91 heavy (non-hydrogen) atoms. The number of aliphatic hydroxyl groups is 7. The van der Waals surface area contributed by atoms with Crippen LogP contribution in [0.15, 0.2) is 0 Å². The van der Waals surface area contributed by atoms with Gasteiger partial charge in [0.1, 0.15) is 104 Å². The number of carboxylic acids is 2. The Labute approximate surface area is 510 Å². The van der Waals surface area contributed by atoms with E-state index in [1.165, 1.54) is 4.72 Å². The number of ether oxygens (including phenoxy) is 9. The molecule has 4 heterocycles. The van der Waals surface area contributed by atoms with Crippen LogP contribution < -0.4 is 24.4 Å². The van der Waals surface area contributed by atoms with E-state index in [4.69, 9.17) is 42.6 Å². The van der Waals surface area contributed by atoms with E-state index in [-0.39, 0.29) is 0 Å². The topological polar surface area (TPSA) is 845 Å². The Morgan fingerprint density at radius 2 is 0.912 bits per heavy atom. The lowest BCUT2D eigenvalue weighted by molar-refractivity contribution is -0.381. The zero-order valence-corrected chi connectivity index (χ0v) is 50.3. The molecule has 0 amide bonds. The predicted molar refractivity (Wildman–Crippen MR) is 244 cm³/mol. The number of rotatable bonds is 34. The van der Waals surface area contributed by atoms with Crippen molar-refractivity contribution in [3.05, 3.63) is 0 Å². The highest BCUT2D eigenvalue weighted by molar-refractivity contribution is 7.84. The van der Waals surface area contributed by atoms with Gasteiger partial charge >= 0.3 is 0 Å². The second kappa shape index (κ2) is 31.2. The summed E-state index contributed by atoms with van der Waals surface area (Å²) in [4.78, 5) is 24.8. The molecule has 4 fully saturated rings. The third-order valence-electron chi connectivity index (χ3n) is 12.0. The zero-order valence-electron chi connectivity index (χ0n) is 43.7. The first kappa shape index (κ1) is 80.7. The van der Waals surface area contributed by atoms with E-state index in [2.05, 4.69) is 20.9 Å². The lowest BCUT2D eigenvalue weighted by atomic mass is 9.95. The summed E-state index contributed by atoms with van der Waals surface area (Å²) in [5.74, 6) is -5.35. The maximum absolute atomic E-state index is 12.6. The number of carbonyl (C=O) groups excluding carboxylic acids is 2. The van der Waals surface area contributed by atoms with Crippen molar-refractivity contribution in [2.24, 2.45) is 0 Å². The molecule has 536 valence electrons. The van der Waals surface area contributed by atoms with Crippen LogP contribution in [0, 0.1) is 0 Å². The Morgan fingerprint density at radius 1 is 0.473 bits per heavy atom. The average Bonchev–Trinajstić information content (AvgIpc) is 0.775. The van der Waals surface area contributed by atoms with E-state index in [9.17, 15) is 159 Å². The number of aliphatic carboxylic acids is 2. The summed E-state index contributed by atoms with van der Waals surface area (Å²) in [5.41, 5.74) is 0. The van der Waals surface area contributed by atoms with Gasteiger partial charge in [0, 0.05) is 19.5 Å². The van der Waals surface area contributed by atoms with E-state index >= 15 is 0 Å². The molecule has 60 heteroatoms. The lowest BCUT2D eigenvalue weighted by Crippen LogP contribution is -2.71. The molecule has 0 radical (unpaired) electrons. The van der Waals surface area contributed by atoms with Gasteiger partial charge in [0.2, 0.25) is 52.0 Å². The van der Waals surface area contributed by atoms with Crippen molar-refractivity contribution in [1.82, 2.24) is 14.2 Å². The van der Waals surface area contributed by atoms with Crippen LogP contribution in [-0.4, -0.2) is 326 Å². The number of aliphatic hydroxyl groups excluding tert-OH is 7. The third kappa shape index (κ3) is 25.3. The van der Waals surface area contributed by atoms with E-state index in [0.717, 1.165) is 9.44 Å². The molecule has 4 saturated heterocycles. The van der Waals surface area contributed by atoms with Gasteiger partial charge in [-0.25, -0.2) is 81.5 Å². The fourth-order valence-corrected chi connectivity index (χ4v) is 12.2. The largest absolute Gasteiger partial charge is 0.735 e. The van der Waals surface area contributed by atoms with Crippen LogP contribution in [0.5, 0.6) is 0 Å². The monoisotopic (exact) mass is 1500 g/mol. The minimum Gasteiger partial charge on any atom is -0.735 e. The normalized spacial score (nSPS) is 35.0. The second-order valence-electron chi connectivity index (χ2n) is 18.3. The predicted octanol–water partition coefficient (Wildman–Crippen LogP) is -19.2. The summed E-state index contributed by atoms with van der Waals surface area (Å²) in [6, 6.07) is -8.65. The molecule has 0 aromatic heterocycles. The van der Waals surface area contributed by atoms with Crippen molar-refractivity contribution in [2.45, 2.75) is 154 Å². The van der Waals surface area contributed by atoms with E-state index in [1.807, 2.05) is 0 Å². The minimum atomic E-state index is -6.69. The van der Waals surface area contributed by atoms with Crippen LogP contribution in [0.25, 0.3) is 0 Å². The van der Waals surface area contributed by atoms with Crippen molar-refractivity contribution in [3.8, 4) is 0 Å². The van der Waals surface area contributed by atoms with Gasteiger partial charge in [-0.2, -0.15) is 0 Å². The van der Waals surface area contributed by atoms with Crippen LogP contribution in [0.2, 0.25) is 0 Å². The van der Waals surface area contributed by atoms with E-state index < -0.39 is 268 Å². The van der Waals surface area contributed by atoms with Gasteiger partial charge in [0.15, 0.2) is 68.5 Å². The van der Waals surface area contributed by atoms with Gasteiger partial charge in [-0.05, 0) is 0 Å². The molecule has 4 aliphatic heterocycles. The van der Waals surface area contributed by atoms with E-state index in [0.29, 0.717) is 7.11 Å². The quantitative estimate of drug-likeness (QED) is 0.0162. The van der Waals surface area contributed by atoms with Gasteiger partial charge in [-0.1, -0.05) is 0 Å². The number of nitrogens with one attached hydrogen (secondary N) is 3. The summed E-state index contributed by atoms with van der Waals surface area (Å²) in [7, 11) is -48.5. The minimum absolute atomic E-state index is 0.658. The van der Waals surface area contributed by atoms with Crippen LogP contribution >= 0.6 is 0 Å². The molecule has 52 nitrogen and oxygen atoms in total. The highest BCUT2D eigenvalue weighted by Crippen LogP contribution is 2.37. The molecule has 24 atom stereocenters. The van der Waals surface area contributed by atoms with Gasteiger partial charge in [-0.3, -0.25) is 20.9 Å². The van der Waals surface area contributed by atoms with Crippen LogP contribution in [-0.2, 0) is 156 Å². The Kier molecular flexibility index (Phi) is 27.7. The summed E-state index contributed by atoms with van der Waals surface area (Å²) >= 11 is 0. The van der Waals surface area contributed by atoms with Gasteiger partial charge in [0.25, 0.3) is 0 Å². The average molecular weight is 1500 g/mol. The molecule has 0 spiro atoms. The molecule has 4 rings (SSSR count). The number of methoxy groups -OCH3 is 1. The molecule has 9 unspecified atom stereocenters. The SMILES string of the molecule is CO[C@H]1O[C@@H](COS(=O)(=O)[O-])[C@@H](O[C@H](O)C(OS(=O)(=O)[O-])[C@H](O)[C@H](CC(=O)[O-])O[C@@H]2OC(COS(=O)(=O)[O-])[C@@H](O[C@@H]3O[C@@H](C(=O)[O-])[C@@H](O[C@H]4O[C@@H](COS(=O)(=O)[O-])[C@@H](O)C(O)C4NS(=O)(=O)[O-])C(O)C3O)[C@H](OS(=O)(=O)[O-])C2NS(=O)(=O)[O-])C(O)C1NS(=O)(=O)[O-]. The van der Waals surface area contributed by atoms with Crippen molar-refractivity contribution in [1.29, 1.82) is 0 Å². The highest BCUT2D eigenvalue weighted by Gasteiger charge is 2.57. The second-order valence-corrected chi connectivity index (χ2v) is 26.9. The lowest BCUT2D eigenvalue weighted by Gasteiger charge is -2.50. The molecular weight excluding hydrogens is 1450 g/mol. The zero-order chi connectivity index (χ0) is 69.9. The molecule has 0 bridgehead atoms. The fourth-order valence-electron chi connectivity index (χ4n) is 8.55. The van der Waals surface area contributed by atoms with Crippen molar-refractivity contribution in [3.63, 3.8) is 0 Å². The van der Waals surface area contributed by atoms with Crippen LogP contribution in [0.4, 0.5) is 0 Å². The summed E-state index contributed by atoms with van der Waals surface area (Å²) < 4.78 is 353. The smallest absolute Gasteiger partial charge is 0.218 e.